The summed E-state index contributed by atoms with van der Waals surface area (Å²) in [4.78, 5) is 37.4. The van der Waals surface area contributed by atoms with Crippen molar-refractivity contribution in [2.24, 2.45) is 5.92 Å². The third-order valence-corrected chi connectivity index (χ3v) is 7.33. The summed E-state index contributed by atoms with van der Waals surface area (Å²) in [6.07, 6.45) is 5.06. The number of nitrogens with zero attached hydrogens (tertiary/aromatic N) is 3. The van der Waals surface area contributed by atoms with E-state index in [1.807, 2.05) is 28.0 Å². The maximum Gasteiger partial charge on any atom is 0.254 e. The highest BCUT2D eigenvalue weighted by molar-refractivity contribution is 5.96. The normalized spacial score (nSPS) is 21.1. The quantitative estimate of drug-likeness (QED) is 0.641. The minimum absolute atomic E-state index is 0.0320. The summed E-state index contributed by atoms with van der Waals surface area (Å²) in [6.45, 7) is 1.39. The Labute approximate surface area is 191 Å². The lowest BCUT2D eigenvalue weighted by Crippen LogP contribution is -2.68. The largest absolute Gasteiger partial charge is 0.497 e. The molecule has 1 saturated carbocycles. The van der Waals surface area contributed by atoms with Gasteiger partial charge in [0.2, 0.25) is 5.91 Å². The average Bonchev–Trinajstić information content (AvgIpc) is 3.61. The van der Waals surface area contributed by atoms with Crippen LogP contribution in [0.25, 0.3) is 10.9 Å². The van der Waals surface area contributed by atoms with E-state index in [1.165, 1.54) is 0 Å². The van der Waals surface area contributed by atoms with E-state index in [-0.39, 0.29) is 29.8 Å². The fourth-order valence-electron chi connectivity index (χ4n) is 5.57. The van der Waals surface area contributed by atoms with E-state index >= 15 is 0 Å². The second-order valence-corrected chi connectivity index (χ2v) is 9.44. The van der Waals surface area contributed by atoms with Gasteiger partial charge in [-0.25, -0.2) is 0 Å². The Bertz CT molecular complexity index is 1240. The van der Waals surface area contributed by atoms with Crippen LogP contribution in [-0.2, 0) is 10.2 Å². The number of likely N-dealkylation sites (tertiary alicyclic amines) is 1. The number of nitrogens with one attached hydrogen (secondary N) is 1. The molecule has 170 valence electrons. The topological polar surface area (TPSA) is 98.8 Å². The van der Waals surface area contributed by atoms with Crippen LogP contribution in [0.2, 0.25) is 0 Å². The number of aliphatic hydroxyl groups excluding tert-OH is 1. The number of carbonyl (C=O) groups is 2. The third kappa shape index (κ3) is 3.04. The van der Waals surface area contributed by atoms with Crippen molar-refractivity contribution in [1.29, 1.82) is 0 Å². The van der Waals surface area contributed by atoms with E-state index in [9.17, 15) is 14.7 Å². The molecule has 2 N–H and O–H groups in total. The second-order valence-electron chi connectivity index (χ2n) is 9.44. The number of hydrogen-bond donors (Lipinski definition) is 2. The van der Waals surface area contributed by atoms with Gasteiger partial charge in [-0.3, -0.25) is 14.6 Å². The van der Waals surface area contributed by atoms with Crippen molar-refractivity contribution in [2.45, 2.75) is 24.3 Å². The molecule has 4 heterocycles. The predicted octanol–water partition coefficient (Wildman–Crippen LogP) is 2.25. The van der Waals surface area contributed by atoms with Gasteiger partial charge >= 0.3 is 0 Å². The summed E-state index contributed by atoms with van der Waals surface area (Å²) < 4.78 is 5.40. The third-order valence-electron chi connectivity index (χ3n) is 7.33. The summed E-state index contributed by atoms with van der Waals surface area (Å²) in [5.74, 6) is 0.867. The van der Waals surface area contributed by atoms with Crippen LogP contribution >= 0.6 is 0 Å². The Morgan fingerprint density at radius 1 is 1.18 bits per heavy atom. The molecule has 6 rings (SSSR count). The predicted molar refractivity (Wildman–Crippen MR) is 121 cm³/mol. The zero-order valence-corrected chi connectivity index (χ0v) is 18.5. The maximum atomic E-state index is 13.2. The van der Waals surface area contributed by atoms with Crippen LogP contribution in [-0.4, -0.2) is 70.0 Å². The van der Waals surface area contributed by atoms with Gasteiger partial charge in [0.1, 0.15) is 5.75 Å². The molecule has 0 unspecified atom stereocenters. The maximum absolute atomic E-state index is 13.2. The molecule has 8 nitrogen and oxygen atoms in total. The average molecular weight is 447 g/mol. The van der Waals surface area contributed by atoms with Crippen molar-refractivity contribution in [2.75, 3.05) is 33.4 Å². The van der Waals surface area contributed by atoms with Gasteiger partial charge in [0.25, 0.3) is 5.91 Å². The fraction of sp³-hybridized carbons (Fsp3) is 0.400. The highest BCUT2D eigenvalue weighted by atomic mass is 16.5. The SMILES string of the molecule is COc1ccc2c3c([nH]c2c1)[C@H](CO)N(C(=O)C1CC1)CC31CN(C(=O)c2ccncc2)C1. The Hall–Kier alpha value is -3.39. The van der Waals surface area contributed by atoms with E-state index in [2.05, 4.69) is 9.97 Å². The Balaban J connectivity index is 1.43. The molecule has 1 saturated heterocycles. The van der Waals surface area contributed by atoms with Crippen LogP contribution in [0.15, 0.2) is 42.7 Å². The minimum atomic E-state index is -0.415. The van der Waals surface area contributed by atoms with Crippen LogP contribution in [0.3, 0.4) is 0 Å². The lowest BCUT2D eigenvalue weighted by atomic mass is 9.68. The molecule has 2 amide bonds. The summed E-state index contributed by atoms with van der Waals surface area (Å²) >= 11 is 0. The first-order valence-corrected chi connectivity index (χ1v) is 11.4. The number of aromatic nitrogens is 2. The van der Waals surface area contributed by atoms with Crippen LogP contribution in [0.1, 0.15) is 40.5 Å². The molecule has 0 radical (unpaired) electrons. The first kappa shape index (κ1) is 20.2. The number of benzene rings is 1. The first-order chi connectivity index (χ1) is 16.0. The Morgan fingerprint density at radius 3 is 2.61 bits per heavy atom. The van der Waals surface area contributed by atoms with Crippen molar-refractivity contribution in [3.63, 3.8) is 0 Å². The highest BCUT2D eigenvalue weighted by Gasteiger charge is 2.55. The second kappa shape index (κ2) is 7.31. The number of ether oxygens (including phenoxy) is 1. The molecular formula is C25H26N4O4. The number of pyridine rings is 1. The number of H-pyrrole nitrogens is 1. The molecule has 2 aliphatic heterocycles. The summed E-state index contributed by atoms with van der Waals surface area (Å²) in [5, 5.41) is 11.4. The number of fused-ring (bicyclic) bond motifs is 4. The summed E-state index contributed by atoms with van der Waals surface area (Å²) in [7, 11) is 1.63. The Morgan fingerprint density at radius 2 is 1.94 bits per heavy atom. The van der Waals surface area contributed by atoms with Crippen LogP contribution in [0.4, 0.5) is 0 Å². The minimum Gasteiger partial charge on any atom is -0.497 e. The number of rotatable bonds is 4. The molecule has 3 aliphatic rings. The van der Waals surface area contributed by atoms with E-state index in [4.69, 9.17) is 4.74 Å². The molecule has 33 heavy (non-hydrogen) atoms. The molecule has 0 bridgehead atoms. The van der Waals surface area contributed by atoms with E-state index in [0.717, 1.165) is 40.8 Å². The number of methoxy groups -OCH3 is 1. The van der Waals surface area contributed by atoms with E-state index in [0.29, 0.717) is 25.2 Å². The molecule has 1 aromatic carbocycles. The molecule has 2 fully saturated rings. The van der Waals surface area contributed by atoms with Gasteiger partial charge < -0.3 is 24.6 Å². The molecule has 8 heteroatoms. The van der Waals surface area contributed by atoms with Crippen LogP contribution in [0, 0.1) is 5.92 Å². The van der Waals surface area contributed by atoms with Crippen molar-refractivity contribution in [3.05, 3.63) is 59.5 Å². The number of hydrogen-bond acceptors (Lipinski definition) is 5. The van der Waals surface area contributed by atoms with Gasteiger partial charge in [-0.05, 0) is 42.7 Å². The molecule has 1 spiro atoms. The van der Waals surface area contributed by atoms with Crippen molar-refractivity contribution >= 4 is 22.7 Å². The van der Waals surface area contributed by atoms with Gasteiger partial charge in [-0.15, -0.1) is 0 Å². The lowest BCUT2D eigenvalue weighted by Gasteiger charge is -2.56. The molecular weight excluding hydrogens is 420 g/mol. The summed E-state index contributed by atoms with van der Waals surface area (Å²) in [5.41, 5.74) is 3.13. The monoisotopic (exact) mass is 446 g/mol. The molecule has 1 atom stereocenters. The number of amides is 2. The molecule has 3 aromatic rings. The summed E-state index contributed by atoms with van der Waals surface area (Å²) in [6, 6.07) is 8.94. The van der Waals surface area contributed by atoms with Crippen molar-refractivity contribution in [1.82, 2.24) is 19.8 Å². The molecule has 2 aromatic heterocycles. The van der Waals surface area contributed by atoms with E-state index in [1.54, 1.807) is 31.6 Å². The fourth-order valence-corrected chi connectivity index (χ4v) is 5.57. The van der Waals surface area contributed by atoms with Crippen molar-refractivity contribution in [3.8, 4) is 5.75 Å². The van der Waals surface area contributed by atoms with Gasteiger partial charge in [-0.2, -0.15) is 0 Å². The number of carbonyl (C=O) groups excluding carboxylic acids is 2. The molecule has 1 aliphatic carbocycles. The zero-order valence-electron chi connectivity index (χ0n) is 18.5. The number of aliphatic hydroxyl groups is 1. The van der Waals surface area contributed by atoms with Gasteiger partial charge in [0, 0.05) is 66.2 Å². The first-order valence-electron chi connectivity index (χ1n) is 11.4. The zero-order chi connectivity index (χ0) is 22.7. The number of aromatic amines is 1. The van der Waals surface area contributed by atoms with Crippen LogP contribution in [0.5, 0.6) is 5.75 Å². The standard InChI is InChI=1S/C25H26N4O4/c1-33-17-4-5-18-19(10-17)27-22-20(11-30)29(24(32)15-2-3-15)14-25(21(18)22)12-28(13-25)23(31)16-6-8-26-9-7-16/h4-10,15,20,27,30H,2-3,11-14H2,1H3/t20-/m0/s1. The smallest absolute Gasteiger partial charge is 0.254 e. The van der Waals surface area contributed by atoms with E-state index < -0.39 is 6.04 Å². The van der Waals surface area contributed by atoms with Gasteiger partial charge in [-0.1, -0.05) is 0 Å². The van der Waals surface area contributed by atoms with Gasteiger partial charge in [0.05, 0.1) is 25.2 Å². The van der Waals surface area contributed by atoms with Crippen LogP contribution < -0.4 is 4.74 Å². The van der Waals surface area contributed by atoms with Gasteiger partial charge in [0.15, 0.2) is 0 Å². The van der Waals surface area contributed by atoms with Crippen molar-refractivity contribution < 1.29 is 19.4 Å². The highest BCUT2D eigenvalue weighted by Crippen LogP contribution is 2.50. The lowest BCUT2D eigenvalue weighted by molar-refractivity contribution is -0.139. The Kier molecular flexibility index (Phi) is 4.48.